The van der Waals surface area contributed by atoms with Crippen LogP contribution < -0.4 is 4.90 Å². The predicted molar refractivity (Wildman–Crippen MR) is 78.5 cm³/mol. The highest BCUT2D eigenvalue weighted by atomic mass is 32.2. The number of nitrogens with zero attached hydrogens (tertiary/aromatic N) is 1. The molecule has 98 valence electrons. The first kappa shape index (κ1) is 13.8. The molecular weight excluding hydrogens is 266 g/mol. The summed E-state index contributed by atoms with van der Waals surface area (Å²) in [4.78, 5) is 15.2. The fraction of sp³-hybridized carbons (Fsp3) is 0.462. The first-order valence-corrected chi connectivity index (χ1v) is 8.00. The fourth-order valence-corrected chi connectivity index (χ4v) is 3.46. The van der Waals surface area contributed by atoms with E-state index < -0.39 is 0 Å². The lowest BCUT2D eigenvalue weighted by Crippen LogP contribution is -2.37. The van der Waals surface area contributed by atoms with E-state index in [1.54, 1.807) is 11.8 Å². The van der Waals surface area contributed by atoms with E-state index in [-0.39, 0.29) is 17.8 Å². The van der Waals surface area contributed by atoms with Crippen molar-refractivity contribution in [2.45, 2.75) is 17.1 Å². The summed E-state index contributed by atoms with van der Waals surface area (Å²) in [6.45, 7) is 2.82. The SMILES string of the molecule is CC(CO)SCC(=O)N1CCSc2ccccc21. The molecule has 1 amide bonds. The van der Waals surface area contributed by atoms with Gasteiger partial charge in [0.05, 0.1) is 18.0 Å². The maximum absolute atomic E-state index is 12.2. The van der Waals surface area contributed by atoms with Gasteiger partial charge in [-0.15, -0.1) is 23.5 Å². The van der Waals surface area contributed by atoms with E-state index in [4.69, 9.17) is 5.11 Å². The van der Waals surface area contributed by atoms with Gasteiger partial charge in [-0.05, 0) is 12.1 Å². The van der Waals surface area contributed by atoms with Crippen LogP contribution in [0.2, 0.25) is 0 Å². The van der Waals surface area contributed by atoms with Crippen molar-refractivity contribution >= 4 is 35.1 Å². The summed E-state index contributed by atoms with van der Waals surface area (Å²) in [5.74, 6) is 1.51. The summed E-state index contributed by atoms with van der Waals surface area (Å²) in [7, 11) is 0. The number of benzene rings is 1. The van der Waals surface area contributed by atoms with Crippen molar-refractivity contribution in [1.82, 2.24) is 0 Å². The minimum atomic E-state index is 0.114. The number of hydrogen-bond acceptors (Lipinski definition) is 4. The minimum Gasteiger partial charge on any atom is -0.395 e. The second kappa shape index (κ2) is 6.50. The number of rotatable bonds is 4. The molecule has 0 fully saturated rings. The number of carbonyl (C=O) groups is 1. The number of aliphatic hydroxyl groups is 1. The second-order valence-corrected chi connectivity index (χ2v) is 6.73. The highest BCUT2D eigenvalue weighted by molar-refractivity contribution is 8.00. The Bertz CT molecular complexity index is 425. The second-order valence-electron chi connectivity index (χ2n) is 4.17. The molecule has 18 heavy (non-hydrogen) atoms. The number of carbonyl (C=O) groups excluding carboxylic acids is 1. The zero-order chi connectivity index (χ0) is 13.0. The molecule has 1 atom stereocenters. The Morgan fingerprint density at radius 3 is 3.11 bits per heavy atom. The van der Waals surface area contributed by atoms with Crippen LogP contribution in [0.25, 0.3) is 0 Å². The van der Waals surface area contributed by atoms with Crippen molar-refractivity contribution in [2.75, 3.05) is 29.6 Å². The number of para-hydroxylation sites is 1. The lowest BCUT2D eigenvalue weighted by Gasteiger charge is -2.29. The van der Waals surface area contributed by atoms with Gasteiger partial charge in [-0.1, -0.05) is 19.1 Å². The van der Waals surface area contributed by atoms with Crippen molar-refractivity contribution in [1.29, 1.82) is 0 Å². The first-order valence-electron chi connectivity index (χ1n) is 5.97. The lowest BCUT2D eigenvalue weighted by molar-refractivity contribution is -0.116. The van der Waals surface area contributed by atoms with Gasteiger partial charge in [0.15, 0.2) is 0 Å². The van der Waals surface area contributed by atoms with Crippen LogP contribution in [0.5, 0.6) is 0 Å². The Morgan fingerprint density at radius 2 is 2.33 bits per heavy atom. The molecule has 3 nitrogen and oxygen atoms in total. The molecule has 0 bridgehead atoms. The Hall–Kier alpha value is -0.650. The predicted octanol–water partition coefficient (Wildman–Crippen LogP) is 2.24. The Balaban J connectivity index is 2.04. The first-order chi connectivity index (χ1) is 8.72. The van der Waals surface area contributed by atoms with Gasteiger partial charge >= 0.3 is 0 Å². The Kier molecular flexibility index (Phi) is 4.97. The highest BCUT2D eigenvalue weighted by Crippen LogP contribution is 2.34. The highest BCUT2D eigenvalue weighted by Gasteiger charge is 2.22. The molecule has 1 unspecified atom stereocenters. The maximum atomic E-state index is 12.2. The van der Waals surface area contributed by atoms with Crippen LogP contribution in [0.15, 0.2) is 29.2 Å². The fourth-order valence-electron chi connectivity index (χ4n) is 1.77. The van der Waals surface area contributed by atoms with Gasteiger partial charge in [-0.25, -0.2) is 0 Å². The molecule has 1 heterocycles. The third kappa shape index (κ3) is 3.22. The van der Waals surface area contributed by atoms with Crippen LogP contribution in [0, 0.1) is 0 Å². The van der Waals surface area contributed by atoms with Crippen LogP contribution in [0.4, 0.5) is 5.69 Å². The van der Waals surface area contributed by atoms with Crippen molar-refractivity contribution in [3.05, 3.63) is 24.3 Å². The summed E-state index contributed by atoms with van der Waals surface area (Å²) < 4.78 is 0. The molecule has 0 aromatic heterocycles. The summed E-state index contributed by atoms with van der Waals surface area (Å²) in [6.07, 6.45) is 0. The van der Waals surface area contributed by atoms with Crippen molar-refractivity contribution in [3.63, 3.8) is 0 Å². The number of fused-ring (bicyclic) bond motifs is 1. The Labute approximate surface area is 116 Å². The average molecular weight is 283 g/mol. The van der Waals surface area contributed by atoms with E-state index in [2.05, 4.69) is 6.07 Å². The number of thioether (sulfide) groups is 2. The summed E-state index contributed by atoms with van der Waals surface area (Å²) >= 11 is 3.30. The smallest absolute Gasteiger partial charge is 0.237 e. The summed E-state index contributed by atoms with van der Waals surface area (Å²) in [6, 6.07) is 8.03. The van der Waals surface area contributed by atoms with Gasteiger partial charge in [0, 0.05) is 22.4 Å². The zero-order valence-electron chi connectivity index (χ0n) is 10.3. The topological polar surface area (TPSA) is 40.5 Å². The maximum Gasteiger partial charge on any atom is 0.237 e. The van der Waals surface area contributed by atoms with Gasteiger partial charge in [-0.3, -0.25) is 4.79 Å². The van der Waals surface area contributed by atoms with E-state index in [1.165, 1.54) is 16.7 Å². The molecule has 0 radical (unpaired) electrons. The molecule has 1 aliphatic heterocycles. The molecule has 5 heteroatoms. The number of hydrogen-bond donors (Lipinski definition) is 1. The van der Waals surface area contributed by atoms with E-state index >= 15 is 0 Å². The van der Waals surface area contributed by atoms with E-state index in [1.807, 2.05) is 30.0 Å². The average Bonchev–Trinajstić information content (AvgIpc) is 2.43. The third-order valence-corrected chi connectivity index (χ3v) is 4.95. The molecule has 1 N–H and O–H groups in total. The monoisotopic (exact) mass is 283 g/mol. The van der Waals surface area contributed by atoms with Crippen LogP contribution in [0.3, 0.4) is 0 Å². The molecule has 1 aliphatic rings. The summed E-state index contributed by atoms with van der Waals surface area (Å²) in [5.41, 5.74) is 1.02. The quantitative estimate of drug-likeness (QED) is 0.920. The molecule has 0 saturated carbocycles. The lowest BCUT2D eigenvalue weighted by atomic mass is 10.3. The van der Waals surface area contributed by atoms with Crippen molar-refractivity contribution in [3.8, 4) is 0 Å². The van der Waals surface area contributed by atoms with Gasteiger partial charge < -0.3 is 10.0 Å². The van der Waals surface area contributed by atoms with Crippen LogP contribution in [0.1, 0.15) is 6.92 Å². The molecular formula is C13H17NO2S2. The van der Waals surface area contributed by atoms with Gasteiger partial charge in [-0.2, -0.15) is 0 Å². The zero-order valence-corrected chi connectivity index (χ0v) is 12.0. The van der Waals surface area contributed by atoms with Crippen LogP contribution in [-0.2, 0) is 4.79 Å². The van der Waals surface area contributed by atoms with Crippen LogP contribution >= 0.6 is 23.5 Å². The van der Waals surface area contributed by atoms with Crippen LogP contribution in [-0.4, -0.2) is 40.9 Å². The van der Waals surface area contributed by atoms with Gasteiger partial charge in [0.25, 0.3) is 0 Å². The van der Waals surface area contributed by atoms with E-state index in [0.717, 1.165) is 18.0 Å². The molecule has 2 rings (SSSR count). The standard InChI is InChI=1S/C13H17NO2S2/c1-10(8-15)18-9-13(16)14-6-7-17-12-5-3-2-4-11(12)14/h2-5,10,15H,6-9H2,1H3. The van der Waals surface area contributed by atoms with Crippen molar-refractivity contribution < 1.29 is 9.90 Å². The van der Waals surface area contributed by atoms with Gasteiger partial charge in [0.2, 0.25) is 5.91 Å². The normalized spacial score (nSPS) is 16.2. The number of aliphatic hydroxyl groups excluding tert-OH is 1. The largest absolute Gasteiger partial charge is 0.395 e. The molecule has 1 aromatic carbocycles. The Morgan fingerprint density at radius 1 is 1.56 bits per heavy atom. The van der Waals surface area contributed by atoms with E-state index in [9.17, 15) is 4.79 Å². The van der Waals surface area contributed by atoms with Crippen molar-refractivity contribution in [2.24, 2.45) is 0 Å². The number of amides is 1. The number of anilines is 1. The van der Waals surface area contributed by atoms with Gasteiger partial charge in [0.1, 0.15) is 0 Å². The van der Waals surface area contributed by atoms with E-state index in [0.29, 0.717) is 5.75 Å². The molecule has 0 spiro atoms. The molecule has 1 aromatic rings. The summed E-state index contributed by atoms with van der Waals surface area (Å²) in [5, 5.41) is 9.08. The third-order valence-electron chi connectivity index (χ3n) is 2.78. The molecule has 0 aliphatic carbocycles. The minimum absolute atomic E-state index is 0.114. The molecule has 0 saturated heterocycles.